The van der Waals surface area contributed by atoms with Crippen LogP contribution in [0.15, 0.2) is 30.3 Å². The summed E-state index contributed by atoms with van der Waals surface area (Å²) in [4.78, 5) is 0. The van der Waals surface area contributed by atoms with Gasteiger partial charge in [-0.1, -0.05) is 118 Å². The van der Waals surface area contributed by atoms with Gasteiger partial charge >= 0.3 is 0 Å². The van der Waals surface area contributed by atoms with E-state index < -0.39 is 0 Å². The Labute approximate surface area is 205 Å². The fourth-order valence-electron chi connectivity index (χ4n) is 4.80. The van der Waals surface area contributed by atoms with Crippen LogP contribution in [0, 0.1) is 0 Å². The van der Waals surface area contributed by atoms with E-state index in [9.17, 15) is 5.11 Å². The molecule has 0 saturated carbocycles. The molecule has 1 heteroatoms. The second-order valence-electron chi connectivity index (χ2n) is 12.0. The van der Waals surface area contributed by atoms with Gasteiger partial charge in [-0.25, -0.2) is 0 Å². The van der Waals surface area contributed by atoms with Gasteiger partial charge in [0.25, 0.3) is 0 Å². The largest absolute Gasteiger partial charge is 0.507 e. The number of unbranched alkanes of at least 4 members (excludes halogenated alkanes) is 6. The van der Waals surface area contributed by atoms with E-state index in [0.717, 1.165) is 18.4 Å². The van der Waals surface area contributed by atoms with E-state index in [2.05, 4.69) is 79.7 Å². The van der Waals surface area contributed by atoms with E-state index in [1.807, 2.05) is 6.07 Å². The van der Waals surface area contributed by atoms with Crippen LogP contribution in [0.3, 0.4) is 0 Å². The highest BCUT2D eigenvalue weighted by molar-refractivity contribution is 5.79. The average Bonchev–Trinajstić information content (AvgIpc) is 2.73. The monoisotopic (exact) mass is 450 g/mol. The summed E-state index contributed by atoms with van der Waals surface area (Å²) in [5.41, 5.74) is 7.48. The molecule has 1 nitrogen and oxygen atoms in total. The van der Waals surface area contributed by atoms with Gasteiger partial charge in [0.15, 0.2) is 0 Å². The molecule has 0 amide bonds. The molecule has 2 rings (SSSR count). The van der Waals surface area contributed by atoms with Crippen LogP contribution in [0.4, 0.5) is 0 Å². The summed E-state index contributed by atoms with van der Waals surface area (Å²) in [5.74, 6) is 0.439. The van der Waals surface area contributed by atoms with Crippen LogP contribution in [-0.4, -0.2) is 5.11 Å². The van der Waals surface area contributed by atoms with Crippen LogP contribution in [-0.2, 0) is 23.7 Å². The van der Waals surface area contributed by atoms with Gasteiger partial charge in [0, 0.05) is 5.56 Å². The zero-order chi connectivity index (χ0) is 24.6. The van der Waals surface area contributed by atoms with Crippen molar-refractivity contribution in [2.24, 2.45) is 0 Å². The van der Waals surface area contributed by atoms with Crippen molar-refractivity contribution in [3.05, 3.63) is 52.6 Å². The van der Waals surface area contributed by atoms with Gasteiger partial charge in [0.1, 0.15) is 5.75 Å². The van der Waals surface area contributed by atoms with Crippen molar-refractivity contribution >= 4 is 0 Å². The summed E-state index contributed by atoms with van der Waals surface area (Å²) in [6.45, 7) is 18.2. The van der Waals surface area contributed by atoms with Gasteiger partial charge in [0.05, 0.1) is 0 Å². The van der Waals surface area contributed by atoms with Crippen molar-refractivity contribution in [2.45, 2.75) is 130 Å². The summed E-state index contributed by atoms with van der Waals surface area (Å²) < 4.78 is 0. The van der Waals surface area contributed by atoms with Crippen molar-refractivity contribution in [1.82, 2.24) is 0 Å². The topological polar surface area (TPSA) is 20.2 Å². The van der Waals surface area contributed by atoms with E-state index in [-0.39, 0.29) is 10.8 Å². The summed E-state index contributed by atoms with van der Waals surface area (Å²) in [5, 5.41) is 11.4. The predicted molar refractivity (Wildman–Crippen MR) is 147 cm³/mol. The number of hydrogen-bond acceptors (Lipinski definition) is 1. The molecule has 2 aromatic rings. The van der Waals surface area contributed by atoms with E-state index in [0.29, 0.717) is 5.75 Å². The van der Waals surface area contributed by atoms with E-state index in [1.165, 1.54) is 79.2 Å². The molecular formula is C32H50O. The van der Waals surface area contributed by atoms with E-state index in [4.69, 9.17) is 0 Å². The molecule has 0 aliphatic rings. The lowest BCUT2D eigenvalue weighted by Crippen LogP contribution is -2.17. The highest BCUT2D eigenvalue weighted by Gasteiger charge is 2.27. The summed E-state index contributed by atoms with van der Waals surface area (Å²) in [6, 6.07) is 11.4. The minimum absolute atomic E-state index is 0.00911. The quantitative estimate of drug-likeness (QED) is 0.338. The van der Waals surface area contributed by atoms with Crippen LogP contribution >= 0.6 is 0 Å². The molecule has 0 spiro atoms. The molecule has 0 aliphatic heterocycles. The number of aryl methyl sites for hydroxylation is 2. The van der Waals surface area contributed by atoms with Crippen molar-refractivity contribution in [1.29, 1.82) is 0 Å². The Morgan fingerprint density at radius 1 is 0.606 bits per heavy atom. The highest BCUT2D eigenvalue weighted by atomic mass is 16.3. The molecule has 0 heterocycles. The van der Waals surface area contributed by atoms with Crippen molar-refractivity contribution < 1.29 is 5.11 Å². The zero-order valence-corrected chi connectivity index (χ0v) is 22.9. The average molecular weight is 451 g/mol. The number of rotatable bonds is 11. The molecule has 0 aromatic heterocycles. The lowest BCUT2D eigenvalue weighted by Gasteiger charge is -2.29. The molecule has 0 bridgehead atoms. The highest BCUT2D eigenvalue weighted by Crippen LogP contribution is 2.44. The first-order chi connectivity index (χ1) is 15.5. The molecule has 0 radical (unpaired) electrons. The molecule has 2 aromatic carbocycles. The summed E-state index contributed by atoms with van der Waals surface area (Å²) >= 11 is 0. The Morgan fingerprint density at radius 2 is 1.12 bits per heavy atom. The van der Waals surface area contributed by atoms with Crippen LogP contribution in [0.25, 0.3) is 11.1 Å². The SMILES string of the molecule is CCCCCCc1ccc(-c2c(O)cc(CCCCCC)cc2C(C)(C)C)c(C(C)(C)C)c1. The first-order valence-corrected chi connectivity index (χ1v) is 13.5. The Balaban J connectivity index is 2.52. The number of phenols is 1. The summed E-state index contributed by atoms with van der Waals surface area (Å²) in [7, 11) is 0. The standard InChI is InChI=1S/C32H50O/c1-9-11-13-15-17-24-19-20-26(27(21-24)31(3,4)5)30-28(32(6,7)8)22-25(23-29(30)33)18-16-14-12-10-2/h19-23,33H,9-18H2,1-8H3. The van der Waals surface area contributed by atoms with E-state index in [1.54, 1.807) is 0 Å². The van der Waals surface area contributed by atoms with Crippen molar-refractivity contribution in [2.75, 3.05) is 0 Å². The minimum atomic E-state index is -0.0414. The van der Waals surface area contributed by atoms with Gasteiger partial charge in [-0.15, -0.1) is 0 Å². The normalized spacial score (nSPS) is 12.4. The number of benzene rings is 2. The van der Waals surface area contributed by atoms with Crippen LogP contribution in [0.5, 0.6) is 5.75 Å². The molecule has 0 saturated heterocycles. The van der Waals surface area contributed by atoms with Crippen molar-refractivity contribution in [3.8, 4) is 16.9 Å². The molecule has 0 fully saturated rings. The fraction of sp³-hybridized carbons (Fsp3) is 0.625. The number of phenolic OH excluding ortho intramolecular Hbond substituents is 1. The third-order valence-electron chi connectivity index (χ3n) is 6.78. The third kappa shape index (κ3) is 7.90. The first kappa shape index (κ1) is 27.5. The lowest BCUT2D eigenvalue weighted by molar-refractivity contribution is 0.472. The lowest BCUT2D eigenvalue weighted by atomic mass is 9.75. The second kappa shape index (κ2) is 12.1. The number of hydrogen-bond donors (Lipinski definition) is 1. The van der Waals surface area contributed by atoms with E-state index >= 15 is 0 Å². The van der Waals surface area contributed by atoms with Crippen LogP contribution in [0.1, 0.15) is 129 Å². The molecule has 33 heavy (non-hydrogen) atoms. The maximum atomic E-state index is 11.4. The molecule has 0 aliphatic carbocycles. The predicted octanol–water partition coefficient (Wildman–Crippen LogP) is 9.90. The molecule has 1 N–H and O–H groups in total. The first-order valence-electron chi connectivity index (χ1n) is 13.5. The van der Waals surface area contributed by atoms with Crippen LogP contribution < -0.4 is 0 Å². The molecule has 0 unspecified atom stereocenters. The molecule has 184 valence electrons. The Hall–Kier alpha value is -1.76. The Morgan fingerprint density at radius 3 is 1.64 bits per heavy atom. The maximum Gasteiger partial charge on any atom is 0.123 e. The Kier molecular flexibility index (Phi) is 10.1. The fourth-order valence-corrected chi connectivity index (χ4v) is 4.80. The van der Waals surface area contributed by atoms with Crippen LogP contribution in [0.2, 0.25) is 0 Å². The third-order valence-corrected chi connectivity index (χ3v) is 6.78. The van der Waals surface area contributed by atoms with Gasteiger partial charge in [-0.05, 0) is 70.4 Å². The smallest absolute Gasteiger partial charge is 0.123 e. The molecule has 0 atom stereocenters. The van der Waals surface area contributed by atoms with Gasteiger partial charge in [-0.2, -0.15) is 0 Å². The van der Waals surface area contributed by atoms with Gasteiger partial charge in [-0.3, -0.25) is 0 Å². The minimum Gasteiger partial charge on any atom is -0.507 e. The summed E-state index contributed by atoms with van der Waals surface area (Å²) in [6.07, 6.45) is 12.3. The van der Waals surface area contributed by atoms with Gasteiger partial charge < -0.3 is 5.11 Å². The maximum absolute atomic E-state index is 11.4. The van der Waals surface area contributed by atoms with Gasteiger partial charge in [0.2, 0.25) is 0 Å². The van der Waals surface area contributed by atoms with Crippen molar-refractivity contribution in [3.63, 3.8) is 0 Å². The Bertz CT molecular complexity index is 877. The molecular weight excluding hydrogens is 400 g/mol. The zero-order valence-electron chi connectivity index (χ0n) is 22.9. The second-order valence-corrected chi connectivity index (χ2v) is 12.0. The number of aromatic hydroxyl groups is 1.